The van der Waals surface area contributed by atoms with Gasteiger partial charge in [-0.1, -0.05) is 18.2 Å². The molecular formula is C14H16N4. The van der Waals surface area contributed by atoms with Crippen LogP contribution < -0.4 is 5.73 Å². The number of aryl methyl sites for hydroxylation is 1. The normalized spacial score (nSPS) is 13.0. The van der Waals surface area contributed by atoms with Crippen molar-refractivity contribution in [3.05, 3.63) is 54.0 Å². The maximum Gasteiger partial charge on any atom is 0.0537 e. The van der Waals surface area contributed by atoms with E-state index in [0.29, 0.717) is 0 Å². The molecule has 2 heterocycles. The van der Waals surface area contributed by atoms with Crippen LogP contribution in [0, 0.1) is 0 Å². The molecule has 3 rings (SSSR count). The monoisotopic (exact) mass is 240 g/mol. The third-order valence-electron chi connectivity index (χ3n) is 3.27. The van der Waals surface area contributed by atoms with Gasteiger partial charge in [0.25, 0.3) is 0 Å². The highest BCUT2D eigenvalue weighted by molar-refractivity contribution is 5.83. The summed E-state index contributed by atoms with van der Waals surface area (Å²) in [5.74, 6) is 0. The van der Waals surface area contributed by atoms with E-state index in [9.17, 15) is 0 Å². The van der Waals surface area contributed by atoms with Gasteiger partial charge in [0.2, 0.25) is 0 Å². The van der Waals surface area contributed by atoms with E-state index in [1.54, 1.807) is 4.68 Å². The van der Waals surface area contributed by atoms with Crippen molar-refractivity contribution in [2.75, 3.05) is 0 Å². The number of nitrogens with one attached hydrogen (secondary N) is 1. The predicted molar refractivity (Wildman–Crippen MR) is 72.1 cm³/mol. The Morgan fingerprint density at radius 3 is 3.00 bits per heavy atom. The van der Waals surface area contributed by atoms with Crippen LogP contribution >= 0.6 is 0 Å². The van der Waals surface area contributed by atoms with Crippen LogP contribution in [0.4, 0.5) is 0 Å². The number of H-pyrrole nitrogens is 1. The van der Waals surface area contributed by atoms with Crippen molar-refractivity contribution in [3.63, 3.8) is 0 Å². The van der Waals surface area contributed by atoms with Gasteiger partial charge in [-0.15, -0.1) is 0 Å². The molecule has 0 spiro atoms. The van der Waals surface area contributed by atoms with E-state index in [-0.39, 0.29) is 6.04 Å². The van der Waals surface area contributed by atoms with E-state index >= 15 is 0 Å². The minimum Gasteiger partial charge on any atom is -0.361 e. The lowest BCUT2D eigenvalue weighted by Gasteiger charge is -2.08. The molecular weight excluding hydrogens is 224 g/mol. The second-order valence-electron chi connectivity index (χ2n) is 4.62. The van der Waals surface area contributed by atoms with E-state index in [1.807, 2.05) is 31.7 Å². The number of benzene rings is 1. The van der Waals surface area contributed by atoms with Crippen molar-refractivity contribution in [2.24, 2.45) is 12.8 Å². The molecule has 1 aromatic carbocycles. The Hall–Kier alpha value is -2.07. The maximum atomic E-state index is 6.22. The first-order chi connectivity index (χ1) is 8.74. The lowest BCUT2D eigenvalue weighted by molar-refractivity contribution is 0.720. The van der Waals surface area contributed by atoms with Gasteiger partial charge in [-0.2, -0.15) is 5.10 Å². The summed E-state index contributed by atoms with van der Waals surface area (Å²) in [7, 11) is 1.90. The van der Waals surface area contributed by atoms with Crippen molar-refractivity contribution >= 4 is 10.9 Å². The van der Waals surface area contributed by atoms with E-state index in [0.717, 1.165) is 17.5 Å². The molecule has 3 aromatic rings. The largest absolute Gasteiger partial charge is 0.361 e. The molecule has 0 radical (unpaired) electrons. The number of aromatic amines is 1. The highest BCUT2D eigenvalue weighted by Crippen LogP contribution is 2.22. The molecule has 0 bridgehead atoms. The molecule has 18 heavy (non-hydrogen) atoms. The van der Waals surface area contributed by atoms with Crippen LogP contribution in [0.1, 0.15) is 17.2 Å². The predicted octanol–water partition coefficient (Wildman–Crippen LogP) is 2.14. The number of fused-ring (bicyclic) bond motifs is 1. The number of nitrogens with two attached hydrogens (primary N) is 1. The second kappa shape index (κ2) is 4.31. The summed E-state index contributed by atoms with van der Waals surface area (Å²) in [5.41, 5.74) is 9.71. The van der Waals surface area contributed by atoms with Crippen LogP contribution in [-0.2, 0) is 13.5 Å². The summed E-state index contributed by atoms with van der Waals surface area (Å²) in [4.78, 5) is 3.27. The van der Waals surface area contributed by atoms with Crippen LogP contribution in [0.15, 0.2) is 42.9 Å². The summed E-state index contributed by atoms with van der Waals surface area (Å²) >= 11 is 0. The summed E-state index contributed by atoms with van der Waals surface area (Å²) in [6, 6.07) is 8.27. The molecule has 0 saturated carbocycles. The number of para-hydroxylation sites is 1. The zero-order valence-corrected chi connectivity index (χ0v) is 10.3. The Bertz CT molecular complexity index is 665. The molecule has 92 valence electrons. The fraction of sp³-hybridized carbons (Fsp3) is 0.214. The molecule has 2 aromatic heterocycles. The minimum atomic E-state index is -0.0158. The smallest absolute Gasteiger partial charge is 0.0537 e. The summed E-state index contributed by atoms with van der Waals surface area (Å²) in [6.07, 6.45) is 6.66. The van der Waals surface area contributed by atoms with Gasteiger partial charge in [-0.3, -0.25) is 4.68 Å². The van der Waals surface area contributed by atoms with Crippen molar-refractivity contribution in [1.29, 1.82) is 0 Å². The zero-order valence-electron chi connectivity index (χ0n) is 10.3. The van der Waals surface area contributed by atoms with Gasteiger partial charge >= 0.3 is 0 Å². The van der Waals surface area contributed by atoms with Crippen LogP contribution in [-0.4, -0.2) is 14.8 Å². The van der Waals surface area contributed by atoms with Gasteiger partial charge in [-0.25, -0.2) is 0 Å². The first kappa shape index (κ1) is 11.0. The molecule has 4 nitrogen and oxygen atoms in total. The van der Waals surface area contributed by atoms with Gasteiger partial charge in [0.05, 0.1) is 6.20 Å². The molecule has 0 aliphatic rings. The van der Waals surface area contributed by atoms with Crippen LogP contribution in [0.3, 0.4) is 0 Å². The Morgan fingerprint density at radius 2 is 2.22 bits per heavy atom. The van der Waals surface area contributed by atoms with E-state index in [2.05, 4.69) is 28.3 Å². The third-order valence-corrected chi connectivity index (χ3v) is 3.27. The van der Waals surface area contributed by atoms with Gasteiger partial charge in [0.15, 0.2) is 0 Å². The first-order valence-electron chi connectivity index (χ1n) is 6.03. The third kappa shape index (κ3) is 1.91. The van der Waals surface area contributed by atoms with Crippen molar-refractivity contribution < 1.29 is 0 Å². The highest BCUT2D eigenvalue weighted by atomic mass is 15.2. The Labute approximate surface area is 105 Å². The molecule has 3 N–H and O–H groups in total. The summed E-state index contributed by atoms with van der Waals surface area (Å²) in [5, 5.41) is 5.41. The lowest BCUT2D eigenvalue weighted by Crippen LogP contribution is -2.12. The average molecular weight is 240 g/mol. The zero-order chi connectivity index (χ0) is 12.5. The van der Waals surface area contributed by atoms with Crippen molar-refractivity contribution in [2.45, 2.75) is 12.5 Å². The molecule has 1 unspecified atom stereocenters. The fourth-order valence-corrected chi connectivity index (χ4v) is 2.29. The highest BCUT2D eigenvalue weighted by Gasteiger charge is 2.11. The van der Waals surface area contributed by atoms with Crippen LogP contribution in [0.5, 0.6) is 0 Å². The Morgan fingerprint density at radius 1 is 1.39 bits per heavy atom. The second-order valence-corrected chi connectivity index (χ2v) is 4.62. The molecule has 0 amide bonds. The quantitative estimate of drug-likeness (QED) is 0.737. The summed E-state index contributed by atoms with van der Waals surface area (Å²) in [6.45, 7) is 0. The van der Waals surface area contributed by atoms with Gasteiger partial charge < -0.3 is 10.7 Å². The standard InChI is InChI=1S/C14H16N4/c1-18-9-11(8-17-18)13(15)6-10-7-16-14-5-3-2-4-12(10)14/h2-5,7-9,13,16H,6,15H2,1H3. The average Bonchev–Trinajstić information content (AvgIpc) is 2.97. The Balaban J connectivity index is 1.88. The van der Waals surface area contributed by atoms with Gasteiger partial charge in [-0.05, 0) is 18.1 Å². The topological polar surface area (TPSA) is 59.6 Å². The minimum absolute atomic E-state index is 0.0158. The number of nitrogens with zero attached hydrogens (tertiary/aromatic N) is 2. The number of hydrogen-bond donors (Lipinski definition) is 2. The van der Waals surface area contributed by atoms with E-state index in [1.165, 1.54) is 10.9 Å². The number of rotatable bonds is 3. The molecule has 1 atom stereocenters. The fourth-order valence-electron chi connectivity index (χ4n) is 2.29. The first-order valence-corrected chi connectivity index (χ1v) is 6.03. The van der Waals surface area contributed by atoms with Gasteiger partial charge in [0, 0.05) is 41.9 Å². The van der Waals surface area contributed by atoms with Crippen molar-refractivity contribution in [1.82, 2.24) is 14.8 Å². The van der Waals surface area contributed by atoms with Gasteiger partial charge in [0.1, 0.15) is 0 Å². The lowest BCUT2D eigenvalue weighted by atomic mass is 10.0. The van der Waals surface area contributed by atoms with Crippen molar-refractivity contribution in [3.8, 4) is 0 Å². The molecule has 0 aliphatic heterocycles. The molecule has 0 aliphatic carbocycles. The molecule has 4 heteroatoms. The molecule has 0 saturated heterocycles. The van der Waals surface area contributed by atoms with Crippen LogP contribution in [0.2, 0.25) is 0 Å². The van der Waals surface area contributed by atoms with Crippen LogP contribution in [0.25, 0.3) is 10.9 Å². The number of hydrogen-bond acceptors (Lipinski definition) is 2. The van der Waals surface area contributed by atoms with E-state index in [4.69, 9.17) is 5.73 Å². The molecule has 0 fully saturated rings. The SMILES string of the molecule is Cn1cc(C(N)Cc2c[nH]c3ccccc23)cn1. The maximum absolute atomic E-state index is 6.22. The number of aromatic nitrogens is 3. The summed E-state index contributed by atoms with van der Waals surface area (Å²) < 4.78 is 1.78. The van der Waals surface area contributed by atoms with E-state index < -0.39 is 0 Å². The Kier molecular flexibility index (Phi) is 2.64.